The minimum atomic E-state index is -0.370. The average molecular weight is 205 g/mol. The Kier molecular flexibility index (Phi) is 8.51. The smallest absolute Gasteiger partial charge is 0.246 e. The highest BCUT2D eigenvalue weighted by atomic mass is 16.7. The summed E-state index contributed by atoms with van der Waals surface area (Å²) < 4.78 is 15.1. The van der Waals surface area contributed by atoms with Gasteiger partial charge in [-0.2, -0.15) is 0 Å². The van der Waals surface area contributed by atoms with Crippen LogP contribution in [0, 0.1) is 0 Å². The number of rotatable bonds is 8. The molecular weight excluding hydrogens is 186 g/mol. The van der Waals surface area contributed by atoms with E-state index in [1.165, 1.54) is 7.11 Å². The van der Waals surface area contributed by atoms with Gasteiger partial charge in [-0.1, -0.05) is 0 Å². The number of nitrogens with one attached hydrogen (secondary N) is 1. The van der Waals surface area contributed by atoms with Crippen molar-refractivity contribution >= 4 is 5.91 Å². The van der Waals surface area contributed by atoms with E-state index in [9.17, 15) is 4.79 Å². The number of methoxy groups -OCH3 is 1. The molecule has 0 rings (SSSR count). The van der Waals surface area contributed by atoms with Crippen LogP contribution in [-0.4, -0.2) is 45.7 Å². The molecule has 0 bridgehead atoms. The summed E-state index contributed by atoms with van der Waals surface area (Å²) in [6.45, 7) is 5.29. The maximum absolute atomic E-state index is 11.0. The minimum Gasteiger partial charge on any atom is -0.375 e. The van der Waals surface area contributed by atoms with Crippen molar-refractivity contribution in [3.8, 4) is 0 Å². The number of hydrogen-bond donors (Lipinski definition) is 1. The zero-order valence-corrected chi connectivity index (χ0v) is 9.04. The highest BCUT2D eigenvalue weighted by molar-refractivity contribution is 5.77. The molecular formula is C9H19NO4. The van der Waals surface area contributed by atoms with Crippen LogP contribution in [0.3, 0.4) is 0 Å². The van der Waals surface area contributed by atoms with Crippen LogP contribution in [0.15, 0.2) is 0 Å². The molecule has 0 fully saturated rings. The van der Waals surface area contributed by atoms with Gasteiger partial charge in [0, 0.05) is 20.3 Å². The lowest BCUT2D eigenvalue weighted by atomic mass is 10.5. The number of carbonyl (C=O) groups excluding carboxylic acids is 1. The summed E-state index contributed by atoms with van der Waals surface area (Å²) in [4.78, 5) is 11.0. The Labute approximate surface area is 84.7 Å². The van der Waals surface area contributed by atoms with Crippen LogP contribution in [0.25, 0.3) is 0 Å². The lowest BCUT2D eigenvalue weighted by Crippen LogP contribution is -2.37. The molecule has 5 heteroatoms. The Morgan fingerprint density at radius 2 is 1.86 bits per heavy atom. The Morgan fingerprint density at radius 1 is 1.29 bits per heavy atom. The maximum atomic E-state index is 11.0. The molecule has 0 heterocycles. The molecule has 0 aromatic rings. The zero-order valence-electron chi connectivity index (χ0n) is 9.04. The van der Waals surface area contributed by atoms with Crippen molar-refractivity contribution in [3.05, 3.63) is 0 Å². The summed E-state index contributed by atoms with van der Waals surface area (Å²) in [5, 5.41) is 2.64. The van der Waals surface area contributed by atoms with Gasteiger partial charge in [0.1, 0.15) is 6.61 Å². The quantitative estimate of drug-likeness (QED) is 0.573. The second-order valence-corrected chi connectivity index (χ2v) is 2.58. The lowest BCUT2D eigenvalue weighted by Gasteiger charge is -2.17. The highest BCUT2D eigenvalue weighted by Gasteiger charge is 2.09. The third-order valence-electron chi connectivity index (χ3n) is 1.45. The molecule has 0 aliphatic carbocycles. The first kappa shape index (κ1) is 13.4. The number of amides is 1. The fourth-order valence-corrected chi connectivity index (χ4v) is 0.917. The van der Waals surface area contributed by atoms with Crippen molar-refractivity contribution in [1.82, 2.24) is 5.32 Å². The van der Waals surface area contributed by atoms with Gasteiger partial charge in [-0.15, -0.1) is 0 Å². The van der Waals surface area contributed by atoms with Crippen LogP contribution in [0.1, 0.15) is 13.8 Å². The van der Waals surface area contributed by atoms with Crippen LogP contribution in [0.4, 0.5) is 0 Å². The van der Waals surface area contributed by atoms with Gasteiger partial charge < -0.3 is 19.5 Å². The molecule has 0 saturated carbocycles. The first-order chi connectivity index (χ1) is 6.74. The Bertz CT molecular complexity index is 146. The zero-order chi connectivity index (χ0) is 10.8. The average Bonchev–Trinajstić information content (AvgIpc) is 2.15. The van der Waals surface area contributed by atoms with E-state index in [1.54, 1.807) is 0 Å². The molecule has 0 saturated heterocycles. The van der Waals surface area contributed by atoms with Crippen molar-refractivity contribution in [2.24, 2.45) is 0 Å². The summed E-state index contributed by atoms with van der Waals surface area (Å²) in [7, 11) is 1.47. The molecule has 0 aliphatic heterocycles. The van der Waals surface area contributed by atoms with Gasteiger partial charge in [0.25, 0.3) is 0 Å². The van der Waals surface area contributed by atoms with Crippen molar-refractivity contribution in [3.63, 3.8) is 0 Å². The number of hydrogen-bond acceptors (Lipinski definition) is 4. The molecule has 5 nitrogen and oxygen atoms in total. The van der Waals surface area contributed by atoms with E-state index in [-0.39, 0.29) is 18.8 Å². The molecule has 0 aromatic heterocycles. The highest BCUT2D eigenvalue weighted by Crippen LogP contribution is 1.92. The summed E-state index contributed by atoms with van der Waals surface area (Å²) >= 11 is 0. The van der Waals surface area contributed by atoms with Crippen LogP contribution in [0.2, 0.25) is 0 Å². The van der Waals surface area contributed by atoms with Crippen LogP contribution >= 0.6 is 0 Å². The van der Waals surface area contributed by atoms with Crippen LogP contribution in [-0.2, 0) is 19.0 Å². The van der Waals surface area contributed by atoms with E-state index in [4.69, 9.17) is 9.47 Å². The molecule has 0 spiro atoms. The molecule has 0 aliphatic rings. The van der Waals surface area contributed by atoms with Crippen LogP contribution in [0.5, 0.6) is 0 Å². The Balaban J connectivity index is 3.63. The second kappa shape index (κ2) is 8.93. The maximum Gasteiger partial charge on any atom is 0.246 e. The number of carbonyl (C=O) groups is 1. The van der Waals surface area contributed by atoms with E-state index in [1.807, 2.05) is 13.8 Å². The van der Waals surface area contributed by atoms with E-state index in [0.29, 0.717) is 19.8 Å². The standard InChI is InChI=1S/C9H19NO4/c1-4-13-9(14-5-2)6-10-8(11)7-12-3/h9H,4-7H2,1-3H3,(H,10,11). The molecule has 0 unspecified atom stereocenters. The van der Waals surface area contributed by atoms with E-state index in [0.717, 1.165) is 0 Å². The predicted molar refractivity (Wildman–Crippen MR) is 51.9 cm³/mol. The fraction of sp³-hybridized carbons (Fsp3) is 0.889. The third-order valence-corrected chi connectivity index (χ3v) is 1.45. The predicted octanol–water partition coefficient (Wildman–Crippen LogP) is 0.148. The lowest BCUT2D eigenvalue weighted by molar-refractivity contribution is -0.142. The monoisotopic (exact) mass is 205 g/mol. The molecule has 0 atom stereocenters. The van der Waals surface area contributed by atoms with Gasteiger partial charge in [0.05, 0.1) is 6.54 Å². The van der Waals surface area contributed by atoms with E-state index in [2.05, 4.69) is 10.1 Å². The van der Waals surface area contributed by atoms with Gasteiger partial charge in [-0.3, -0.25) is 4.79 Å². The minimum absolute atomic E-state index is 0.0605. The molecule has 0 aromatic carbocycles. The van der Waals surface area contributed by atoms with Gasteiger partial charge in [-0.25, -0.2) is 0 Å². The normalized spacial score (nSPS) is 10.6. The summed E-state index contributed by atoms with van der Waals surface area (Å²) in [5.74, 6) is -0.170. The van der Waals surface area contributed by atoms with Gasteiger partial charge in [-0.05, 0) is 13.8 Å². The summed E-state index contributed by atoms with van der Waals surface area (Å²) in [6.07, 6.45) is -0.370. The number of ether oxygens (including phenoxy) is 3. The van der Waals surface area contributed by atoms with Crippen LogP contribution < -0.4 is 5.32 Å². The third kappa shape index (κ3) is 6.82. The summed E-state index contributed by atoms with van der Waals surface area (Å²) in [6, 6.07) is 0. The van der Waals surface area contributed by atoms with E-state index < -0.39 is 0 Å². The van der Waals surface area contributed by atoms with Crippen molar-refractivity contribution in [2.45, 2.75) is 20.1 Å². The van der Waals surface area contributed by atoms with Gasteiger partial charge in [0.15, 0.2) is 6.29 Å². The fourth-order valence-electron chi connectivity index (χ4n) is 0.917. The SMILES string of the molecule is CCOC(CNC(=O)COC)OCC. The Morgan fingerprint density at radius 3 is 2.29 bits per heavy atom. The van der Waals surface area contributed by atoms with Crippen molar-refractivity contribution in [2.75, 3.05) is 33.5 Å². The Hall–Kier alpha value is -0.650. The van der Waals surface area contributed by atoms with Gasteiger partial charge >= 0.3 is 0 Å². The molecule has 0 radical (unpaired) electrons. The first-order valence-corrected chi connectivity index (χ1v) is 4.73. The van der Waals surface area contributed by atoms with Crippen molar-refractivity contribution in [1.29, 1.82) is 0 Å². The molecule has 14 heavy (non-hydrogen) atoms. The van der Waals surface area contributed by atoms with Gasteiger partial charge in [0.2, 0.25) is 5.91 Å². The molecule has 1 amide bonds. The second-order valence-electron chi connectivity index (χ2n) is 2.58. The first-order valence-electron chi connectivity index (χ1n) is 4.73. The largest absolute Gasteiger partial charge is 0.375 e. The molecule has 1 N–H and O–H groups in total. The van der Waals surface area contributed by atoms with Crippen molar-refractivity contribution < 1.29 is 19.0 Å². The molecule has 84 valence electrons. The van der Waals surface area contributed by atoms with E-state index >= 15 is 0 Å². The summed E-state index contributed by atoms with van der Waals surface area (Å²) in [5.41, 5.74) is 0. The topological polar surface area (TPSA) is 56.8 Å².